The molecular formula is C14H22ClN5S. The lowest BCUT2D eigenvalue weighted by atomic mass is 10.0. The largest absolute Gasteiger partial charge is 0.372 e. The van der Waals surface area contributed by atoms with Gasteiger partial charge in [0.05, 0.1) is 5.39 Å². The van der Waals surface area contributed by atoms with Gasteiger partial charge in [0.15, 0.2) is 0 Å². The van der Waals surface area contributed by atoms with Crippen LogP contribution in [0.2, 0.25) is 0 Å². The number of rotatable bonds is 3. The van der Waals surface area contributed by atoms with E-state index in [-0.39, 0.29) is 12.4 Å². The van der Waals surface area contributed by atoms with E-state index in [9.17, 15) is 0 Å². The summed E-state index contributed by atoms with van der Waals surface area (Å²) in [6.07, 6.45) is 0. The maximum Gasteiger partial charge on any atom is 0.228 e. The number of nitrogens with zero attached hydrogens (tertiary/aromatic N) is 3. The lowest BCUT2D eigenvalue weighted by Crippen LogP contribution is -2.44. The van der Waals surface area contributed by atoms with Crippen molar-refractivity contribution in [3.63, 3.8) is 0 Å². The van der Waals surface area contributed by atoms with Gasteiger partial charge >= 0.3 is 0 Å². The van der Waals surface area contributed by atoms with Gasteiger partial charge in [-0.3, -0.25) is 0 Å². The van der Waals surface area contributed by atoms with Gasteiger partial charge in [0.25, 0.3) is 0 Å². The van der Waals surface area contributed by atoms with Gasteiger partial charge < -0.3 is 15.5 Å². The van der Waals surface area contributed by atoms with Crippen molar-refractivity contribution >= 4 is 45.7 Å². The molecular weight excluding hydrogens is 306 g/mol. The van der Waals surface area contributed by atoms with Gasteiger partial charge in [0, 0.05) is 33.2 Å². The third-order valence-corrected chi connectivity index (χ3v) is 4.60. The molecule has 1 aliphatic heterocycles. The summed E-state index contributed by atoms with van der Waals surface area (Å²) in [6.45, 7) is 8.36. The molecule has 1 aliphatic rings. The summed E-state index contributed by atoms with van der Waals surface area (Å²) in [5.74, 6) is 2.29. The maximum absolute atomic E-state index is 4.78. The number of piperazine rings is 1. The molecule has 0 spiro atoms. The zero-order valence-electron chi connectivity index (χ0n) is 12.6. The summed E-state index contributed by atoms with van der Waals surface area (Å²) in [5, 5.41) is 10.0. The first kappa shape index (κ1) is 16.3. The van der Waals surface area contributed by atoms with Crippen LogP contribution in [0.3, 0.4) is 0 Å². The molecule has 2 N–H and O–H groups in total. The molecule has 1 saturated heterocycles. The van der Waals surface area contributed by atoms with E-state index in [1.54, 1.807) is 11.3 Å². The Balaban J connectivity index is 0.00000161. The zero-order chi connectivity index (χ0) is 14.1. The number of thiophene rings is 1. The monoisotopic (exact) mass is 327 g/mol. The molecule has 0 saturated carbocycles. The molecule has 0 bridgehead atoms. The van der Waals surface area contributed by atoms with E-state index < -0.39 is 0 Å². The second-order valence-electron chi connectivity index (χ2n) is 5.39. The van der Waals surface area contributed by atoms with Crippen molar-refractivity contribution in [3.8, 4) is 0 Å². The molecule has 1 fully saturated rings. The number of aromatic nitrogens is 2. The fourth-order valence-corrected chi connectivity index (χ4v) is 3.66. The first-order valence-electron chi connectivity index (χ1n) is 7.13. The summed E-state index contributed by atoms with van der Waals surface area (Å²) >= 11 is 1.72. The Morgan fingerprint density at radius 1 is 1.29 bits per heavy atom. The molecule has 116 valence electrons. The average Bonchev–Trinajstić information content (AvgIpc) is 2.91. The van der Waals surface area contributed by atoms with Crippen LogP contribution in [-0.2, 0) is 0 Å². The average molecular weight is 328 g/mol. The van der Waals surface area contributed by atoms with Gasteiger partial charge in [-0.25, -0.2) is 4.98 Å². The third kappa shape index (κ3) is 3.07. The Hall–Kier alpha value is -1.11. The van der Waals surface area contributed by atoms with Crippen molar-refractivity contribution in [3.05, 3.63) is 10.9 Å². The summed E-state index contributed by atoms with van der Waals surface area (Å²) in [6, 6.07) is 0. The van der Waals surface area contributed by atoms with E-state index >= 15 is 0 Å². The third-order valence-electron chi connectivity index (χ3n) is 3.71. The first-order chi connectivity index (χ1) is 9.70. The maximum atomic E-state index is 4.78. The molecule has 0 aromatic carbocycles. The normalized spacial score (nSPS) is 15.3. The van der Waals surface area contributed by atoms with Crippen LogP contribution in [0.5, 0.6) is 0 Å². The quantitative estimate of drug-likeness (QED) is 0.907. The number of fused-ring (bicyclic) bond motifs is 1. The van der Waals surface area contributed by atoms with E-state index in [2.05, 4.69) is 34.8 Å². The molecule has 0 atom stereocenters. The molecule has 0 amide bonds. The van der Waals surface area contributed by atoms with Crippen LogP contribution in [0.4, 0.5) is 11.8 Å². The summed E-state index contributed by atoms with van der Waals surface area (Å²) in [5.41, 5.74) is 1.33. The first-order valence-corrected chi connectivity index (χ1v) is 8.01. The number of halogens is 1. The van der Waals surface area contributed by atoms with Gasteiger partial charge in [0.2, 0.25) is 5.95 Å². The van der Waals surface area contributed by atoms with Crippen LogP contribution < -0.4 is 15.5 Å². The van der Waals surface area contributed by atoms with Gasteiger partial charge in [0.1, 0.15) is 10.6 Å². The van der Waals surface area contributed by atoms with Gasteiger partial charge in [-0.05, 0) is 16.9 Å². The number of hydrogen-bond donors (Lipinski definition) is 2. The fraction of sp³-hybridized carbons (Fsp3) is 0.571. The second kappa shape index (κ2) is 6.77. The summed E-state index contributed by atoms with van der Waals surface area (Å²) in [7, 11) is 1.94. The highest BCUT2D eigenvalue weighted by molar-refractivity contribution is 7.17. The molecule has 0 unspecified atom stereocenters. The Kier molecular flexibility index (Phi) is 5.24. The van der Waals surface area contributed by atoms with E-state index in [1.807, 2.05) is 7.05 Å². The molecule has 7 heteroatoms. The van der Waals surface area contributed by atoms with Crippen molar-refractivity contribution in [2.75, 3.05) is 43.4 Å². The summed E-state index contributed by atoms with van der Waals surface area (Å²) in [4.78, 5) is 12.9. The molecule has 3 rings (SSSR count). The van der Waals surface area contributed by atoms with Crippen LogP contribution in [-0.4, -0.2) is 43.2 Å². The number of hydrogen-bond acceptors (Lipinski definition) is 6. The van der Waals surface area contributed by atoms with Crippen LogP contribution in [0.25, 0.3) is 10.2 Å². The van der Waals surface area contributed by atoms with Crippen molar-refractivity contribution in [2.24, 2.45) is 0 Å². The van der Waals surface area contributed by atoms with E-state index in [0.717, 1.165) is 42.8 Å². The minimum atomic E-state index is 0. The standard InChI is InChI=1S/C14H21N5S.ClH/c1-9(2)10-8-20-13-11(10)12(15-3)17-14(18-13)19-6-4-16-5-7-19;/h8-9,16H,4-7H2,1-3H3,(H,15,17,18);1H. The SMILES string of the molecule is CNc1nc(N2CCNCC2)nc2scc(C(C)C)c12.Cl. The molecule has 5 nitrogen and oxygen atoms in total. The van der Waals surface area contributed by atoms with Crippen LogP contribution in [0, 0.1) is 0 Å². The van der Waals surface area contributed by atoms with Crippen molar-refractivity contribution in [1.82, 2.24) is 15.3 Å². The minimum Gasteiger partial charge on any atom is -0.372 e. The smallest absolute Gasteiger partial charge is 0.228 e. The van der Waals surface area contributed by atoms with Gasteiger partial charge in [-0.15, -0.1) is 23.7 Å². The van der Waals surface area contributed by atoms with Crippen LogP contribution >= 0.6 is 23.7 Å². The molecule has 21 heavy (non-hydrogen) atoms. The topological polar surface area (TPSA) is 53.1 Å². The highest BCUT2D eigenvalue weighted by Gasteiger charge is 2.19. The number of anilines is 2. The molecule has 0 radical (unpaired) electrons. The van der Waals surface area contributed by atoms with E-state index in [4.69, 9.17) is 9.97 Å². The minimum absolute atomic E-state index is 0. The van der Waals surface area contributed by atoms with Gasteiger partial charge in [-0.1, -0.05) is 13.8 Å². The Bertz CT molecular complexity index is 607. The van der Waals surface area contributed by atoms with E-state index in [0.29, 0.717) is 5.92 Å². The molecule has 2 aromatic heterocycles. The zero-order valence-corrected chi connectivity index (χ0v) is 14.3. The number of nitrogens with one attached hydrogen (secondary N) is 2. The lowest BCUT2D eigenvalue weighted by molar-refractivity contribution is 0.581. The highest BCUT2D eigenvalue weighted by Crippen LogP contribution is 2.35. The lowest BCUT2D eigenvalue weighted by Gasteiger charge is -2.27. The Labute approximate surface area is 135 Å². The van der Waals surface area contributed by atoms with Crippen LogP contribution in [0.15, 0.2) is 5.38 Å². The fourth-order valence-electron chi connectivity index (χ4n) is 2.56. The van der Waals surface area contributed by atoms with Crippen LogP contribution in [0.1, 0.15) is 25.3 Å². The summed E-state index contributed by atoms with van der Waals surface area (Å²) < 4.78 is 0. The molecule has 0 aliphatic carbocycles. The Morgan fingerprint density at radius 2 is 2.00 bits per heavy atom. The van der Waals surface area contributed by atoms with Gasteiger partial charge in [-0.2, -0.15) is 4.98 Å². The van der Waals surface area contributed by atoms with Crippen molar-refractivity contribution in [2.45, 2.75) is 19.8 Å². The highest BCUT2D eigenvalue weighted by atomic mass is 35.5. The van der Waals surface area contributed by atoms with Crippen molar-refractivity contribution in [1.29, 1.82) is 0 Å². The van der Waals surface area contributed by atoms with Crippen molar-refractivity contribution < 1.29 is 0 Å². The Morgan fingerprint density at radius 3 is 2.62 bits per heavy atom. The predicted octanol–water partition coefficient (Wildman–Crippen LogP) is 2.69. The molecule has 3 heterocycles. The molecule has 2 aromatic rings. The second-order valence-corrected chi connectivity index (χ2v) is 6.24. The van der Waals surface area contributed by atoms with E-state index in [1.165, 1.54) is 10.9 Å². The predicted molar refractivity (Wildman–Crippen MR) is 93.4 cm³/mol.